The first-order valence-corrected chi connectivity index (χ1v) is 9.45. The normalized spacial score (nSPS) is 23.5. The van der Waals surface area contributed by atoms with Crippen LogP contribution in [-0.2, 0) is 11.8 Å². The van der Waals surface area contributed by atoms with Crippen LogP contribution in [-0.4, -0.2) is 54.4 Å². The maximum atomic E-state index is 11.9. The lowest BCUT2D eigenvalue weighted by Crippen LogP contribution is -2.44. The van der Waals surface area contributed by atoms with Gasteiger partial charge >= 0.3 is 0 Å². The zero-order valence-electron chi connectivity index (χ0n) is 15.9. The summed E-state index contributed by atoms with van der Waals surface area (Å²) in [5, 5.41) is 8.67. The van der Waals surface area contributed by atoms with E-state index in [1.54, 1.807) is 10.9 Å². The van der Waals surface area contributed by atoms with Crippen molar-refractivity contribution in [3.8, 4) is 17.1 Å². The Hall–Kier alpha value is -3.16. The molecular formula is C20H22N6O2. The molecule has 0 unspecified atom stereocenters. The molecule has 1 amide bonds. The van der Waals surface area contributed by atoms with Gasteiger partial charge < -0.3 is 9.64 Å². The van der Waals surface area contributed by atoms with Crippen LogP contribution in [0.5, 0.6) is 5.88 Å². The summed E-state index contributed by atoms with van der Waals surface area (Å²) in [6.07, 6.45) is 9.80. The van der Waals surface area contributed by atoms with Crippen molar-refractivity contribution < 1.29 is 9.53 Å². The molecule has 1 saturated carbocycles. The maximum Gasteiger partial charge on any atom is 0.245 e. The molecule has 4 heterocycles. The van der Waals surface area contributed by atoms with Crippen molar-refractivity contribution in [1.82, 2.24) is 29.3 Å². The molecule has 8 heteroatoms. The Labute approximate surface area is 162 Å². The Kier molecular flexibility index (Phi) is 3.75. The zero-order chi connectivity index (χ0) is 19.4. The minimum atomic E-state index is -0.00104. The number of nitrogens with zero attached hydrogens (tertiary/aromatic N) is 6. The number of aryl methyl sites for hydroxylation is 2. The van der Waals surface area contributed by atoms with Crippen molar-refractivity contribution in [2.45, 2.75) is 19.4 Å². The van der Waals surface area contributed by atoms with Crippen LogP contribution in [0.4, 0.5) is 0 Å². The number of hydrogen-bond acceptors (Lipinski definition) is 5. The van der Waals surface area contributed by atoms with E-state index >= 15 is 0 Å². The van der Waals surface area contributed by atoms with E-state index in [9.17, 15) is 4.79 Å². The minimum absolute atomic E-state index is 0.00104. The van der Waals surface area contributed by atoms with E-state index in [1.807, 2.05) is 42.0 Å². The van der Waals surface area contributed by atoms with Gasteiger partial charge in [0.2, 0.25) is 11.8 Å². The van der Waals surface area contributed by atoms with Gasteiger partial charge in [0.1, 0.15) is 11.6 Å². The number of rotatable bonds is 4. The monoisotopic (exact) mass is 378 g/mol. The smallest absolute Gasteiger partial charge is 0.245 e. The summed E-state index contributed by atoms with van der Waals surface area (Å²) >= 11 is 0. The van der Waals surface area contributed by atoms with E-state index in [1.165, 1.54) is 6.08 Å². The fourth-order valence-electron chi connectivity index (χ4n) is 4.33. The molecule has 144 valence electrons. The van der Waals surface area contributed by atoms with E-state index < -0.39 is 0 Å². The van der Waals surface area contributed by atoms with Crippen LogP contribution < -0.4 is 4.74 Å². The highest BCUT2D eigenvalue weighted by molar-refractivity contribution is 5.87. The predicted octanol–water partition coefficient (Wildman–Crippen LogP) is 1.85. The van der Waals surface area contributed by atoms with Gasteiger partial charge in [-0.25, -0.2) is 9.50 Å². The highest BCUT2D eigenvalue weighted by atomic mass is 16.5. The lowest BCUT2D eigenvalue weighted by Gasteiger charge is -2.38. The van der Waals surface area contributed by atoms with E-state index in [-0.39, 0.29) is 12.0 Å². The Morgan fingerprint density at radius 2 is 2.14 bits per heavy atom. The number of amides is 1. The first-order chi connectivity index (χ1) is 13.5. The van der Waals surface area contributed by atoms with Gasteiger partial charge in [-0.15, -0.1) is 0 Å². The van der Waals surface area contributed by atoms with Crippen molar-refractivity contribution in [3.05, 3.63) is 43.0 Å². The van der Waals surface area contributed by atoms with Gasteiger partial charge in [-0.1, -0.05) is 6.58 Å². The molecule has 0 radical (unpaired) electrons. The van der Waals surface area contributed by atoms with Crippen LogP contribution in [0.15, 0.2) is 37.4 Å². The molecule has 3 aromatic heterocycles. The number of carbonyl (C=O) groups excluding carboxylic acids is 1. The van der Waals surface area contributed by atoms with Crippen LogP contribution in [0.3, 0.4) is 0 Å². The number of hydrogen-bond donors (Lipinski definition) is 0. The topological polar surface area (TPSA) is 77.6 Å². The fraction of sp³-hybridized carbons (Fsp3) is 0.400. The summed E-state index contributed by atoms with van der Waals surface area (Å²) in [4.78, 5) is 18.6. The van der Waals surface area contributed by atoms with E-state index in [4.69, 9.17) is 9.72 Å². The average molecular weight is 378 g/mol. The third-order valence-electron chi connectivity index (χ3n) is 5.90. The van der Waals surface area contributed by atoms with Crippen molar-refractivity contribution >= 4 is 11.4 Å². The quantitative estimate of drug-likeness (QED) is 0.648. The standard InChI is InChI=1S/C20H22N6O2/c1-4-18(27)25-9-13-5-17(15(13)10-25)28-20-19-12(2)6-22-26(19)11-16(23-20)14-7-21-24(3)8-14/h4,6-8,11,13,15,17H,1,5,9-10H2,2-3H3/t13-,15+,17-/m1/s1. The first kappa shape index (κ1) is 17.0. The van der Waals surface area contributed by atoms with E-state index in [0.717, 1.165) is 41.8 Å². The summed E-state index contributed by atoms with van der Waals surface area (Å²) in [5.41, 5.74) is 3.58. The summed E-state index contributed by atoms with van der Waals surface area (Å²) in [5.74, 6) is 1.43. The lowest BCUT2D eigenvalue weighted by atomic mass is 9.73. The summed E-state index contributed by atoms with van der Waals surface area (Å²) in [6, 6.07) is 0. The highest BCUT2D eigenvalue weighted by Crippen LogP contribution is 2.43. The van der Waals surface area contributed by atoms with Crippen LogP contribution in [0.25, 0.3) is 16.8 Å². The Morgan fingerprint density at radius 1 is 1.29 bits per heavy atom. The minimum Gasteiger partial charge on any atom is -0.472 e. The van der Waals surface area contributed by atoms with Gasteiger partial charge in [0.05, 0.1) is 24.3 Å². The second-order valence-corrected chi connectivity index (χ2v) is 7.72. The Balaban J connectivity index is 1.45. The molecule has 2 fully saturated rings. The van der Waals surface area contributed by atoms with Crippen molar-refractivity contribution in [1.29, 1.82) is 0 Å². The van der Waals surface area contributed by atoms with Crippen LogP contribution in [0.2, 0.25) is 0 Å². The third kappa shape index (κ3) is 2.59. The molecule has 0 N–H and O–H groups in total. The number of ether oxygens (including phenoxy) is 1. The molecule has 3 atom stereocenters. The van der Waals surface area contributed by atoms with Gasteiger partial charge in [0.25, 0.3) is 0 Å². The molecule has 0 bridgehead atoms. The SMILES string of the molecule is C=CC(=O)N1C[C@H]2C[C@@H](Oc3nc(-c4cnn(C)c4)cn4ncc(C)c34)[C@H]2C1. The molecule has 1 aliphatic carbocycles. The first-order valence-electron chi connectivity index (χ1n) is 9.45. The van der Waals surface area contributed by atoms with Crippen molar-refractivity contribution in [2.24, 2.45) is 18.9 Å². The molecular weight excluding hydrogens is 356 g/mol. The number of fused-ring (bicyclic) bond motifs is 2. The second-order valence-electron chi connectivity index (χ2n) is 7.72. The van der Waals surface area contributed by atoms with Crippen molar-refractivity contribution in [3.63, 3.8) is 0 Å². The molecule has 2 aliphatic rings. The van der Waals surface area contributed by atoms with Crippen LogP contribution in [0.1, 0.15) is 12.0 Å². The maximum absolute atomic E-state index is 11.9. The van der Waals surface area contributed by atoms with Gasteiger partial charge in [-0.2, -0.15) is 10.2 Å². The second kappa shape index (κ2) is 6.19. The Bertz CT molecular complexity index is 1080. The fourth-order valence-corrected chi connectivity index (χ4v) is 4.33. The predicted molar refractivity (Wildman–Crippen MR) is 103 cm³/mol. The molecule has 1 saturated heterocycles. The summed E-state index contributed by atoms with van der Waals surface area (Å²) in [6.45, 7) is 7.11. The van der Waals surface area contributed by atoms with Crippen LogP contribution >= 0.6 is 0 Å². The molecule has 28 heavy (non-hydrogen) atoms. The number of aromatic nitrogens is 5. The number of carbonyl (C=O) groups is 1. The van der Waals surface area contributed by atoms with E-state index in [0.29, 0.717) is 17.7 Å². The summed E-state index contributed by atoms with van der Waals surface area (Å²) in [7, 11) is 1.88. The molecule has 5 rings (SSSR count). The van der Waals surface area contributed by atoms with E-state index in [2.05, 4.69) is 16.8 Å². The van der Waals surface area contributed by atoms with Gasteiger partial charge in [0.15, 0.2) is 0 Å². The molecule has 0 aromatic carbocycles. The Morgan fingerprint density at radius 3 is 2.89 bits per heavy atom. The number of likely N-dealkylation sites (tertiary alicyclic amines) is 1. The van der Waals surface area contributed by atoms with Crippen LogP contribution in [0, 0.1) is 18.8 Å². The van der Waals surface area contributed by atoms with Gasteiger partial charge in [0, 0.05) is 43.4 Å². The molecule has 3 aromatic rings. The molecule has 0 spiro atoms. The van der Waals surface area contributed by atoms with Crippen molar-refractivity contribution in [2.75, 3.05) is 13.1 Å². The third-order valence-corrected chi connectivity index (χ3v) is 5.90. The highest BCUT2D eigenvalue weighted by Gasteiger charge is 2.49. The molecule has 8 nitrogen and oxygen atoms in total. The largest absolute Gasteiger partial charge is 0.472 e. The summed E-state index contributed by atoms with van der Waals surface area (Å²) < 4.78 is 9.95. The zero-order valence-corrected chi connectivity index (χ0v) is 15.9. The molecule has 1 aliphatic heterocycles. The average Bonchev–Trinajstić information content (AvgIpc) is 3.37. The lowest BCUT2D eigenvalue weighted by molar-refractivity contribution is -0.125. The van der Waals surface area contributed by atoms with Gasteiger partial charge in [-0.3, -0.25) is 9.48 Å². The van der Waals surface area contributed by atoms with Gasteiger partial charge in [-0.05, 0) is 25.3 Å².